The van der Waals surface area contributed by atoms with Gasteiger partial charge in [0, 0.05) is 36.0 Å². The Labute approximate surface area is 172 Å². The van der Waals surface area contributed by atoms with Gasteiger partial charge < -0.3 is 10.6 Å². The number of aliphatic imine (C=N–C) groups is 1. The normalized spacial score (nSPS) is 11.8. The van der Waals surface area contributed by atoms with E-state index in [0.717, 1.165) is 32.0 Å². The number of aryl methyl sites for hydroxylation is 1. The van der Waals surface area contributed by atoms with Crippen molar-refractivity contribution in [3.63, 3.8) is 0 Å². The topological polar surface area (TPSA) is 49.3 Å². The highest BCUT2D eigenvalue weighted by Gasteiger charge is 2.19. The number of hydrogen-bond acceptors (Lipinski definition) is 3. The van der Waals surface area contributed by atoms with Crippen LogP contribution in [0.2, 0.25) is 0 Å². The minimum Gasteiger partial charge on any atom is -0.357 e. The smallest absolute Gasteiger partial charge is 0.191 e. The minimum atomic E-state index is 0. The van der Waals surface area contributed by atoms with Crippen molar-refractivity contribution in [3.05, 3.63) is 52.0 Å². The molecule has 1 aromatic heterocycles. The maximum absolute atomic E-state index is 4.78. The number of rotatable bonds is 7. The molecule has 0 fully saturated rings. The second kappa shape index (κ2) is 10.8. The molecule has 138 valence electrons. The molecule has 4 nitrogen and oxygen atoms in total. The zero-order valence-electron chi connectivity index (χ0n) is 15.5. The summed E-state index contributed by atoms with van der Waals surface area (Å²) in [6.45, 7) is 11.1. The lowest BCUT2D eigenvalue weighted by Gasteiger charge is -2.23. The average molecular weight is 472 g/mol. The van der Waals surface area contributed by atoms with Gasteiger partial charge in [0.05, 0.1) is 11.6 Å². The van der Waals surface area contributed by atoms with Crippen LogP contribution in [0.1, 0.15) is 36.2 Å². The van der Waals surface area contributed by atoms with Gasteiger partial charge in [-0.15, -0.1) is 35.3 Å². The van der Waals surface area contributed by atoms with Crippen LogP contribution in [-0.2, 0) is 11.8 Å². The van der Waals surface area contributed by atoms with Crippen molar-refractivity contribution in [1.29, 1.82) is 0 Å². The molecule has 1 heterocycles. The van der Waals surface area contributed by atoms with Crippen molar-refractivity contribution in [2.75, 3.05) is 19.6 Å². The van der Waals surface area contributed by atoms with Crippen molar-refractivity contribution < 1.29 is 0 Å². The predicted molar refractivity (Wildman–Crippen MR) is 119 cm³/mol. The molecule has 0 bridgehead atoms. The van der Waals surface area contributed by atoms with Gasteiger partial charge in [0.15, 0.2) is 5.96 Å². The lowest BCUT2D eigenvalue weighted by molar-refractivity contribution is 0.537. The summed E-state index contributed by atoms with van der Waals surface area (Å²) < 4.78 is 0. The fourth-order valence-electron chi connectivity index (χ4n) is 2.40. The number of nitrogens with one attached hydrogen (secondary N) is 2. The molecule has 2 aromatic rings. The third-order valence-corrected chi connectivity index (χ3v) is 4.80. The summed E-state index contributed by atoms with van der Waals surface area (Å²) in [4.78, 5) is 10.4. The Hall–Kier alpha value is -1.15. The zero-order valence-corrected chi connectivity index (χ0v) is 18.7. The van der Waals surface area contributed by atoms with Crippen LogP contribution in [0.3, 0.4) is 0 Å². The first-order valence-electron chi connectivity index (χ1n) is 8.50. The van der Waals surface area contributed by atoms with Crippen molar-refractivity contribution in [3.8, 4) is 0 Å². The summed E-state index contributed by atoms with van der Waals surface area (Å²) in [5.41, 5.74) is 1.32. The molecule has 2 N–H and O–H groups in total. The Morgan fingerprint density at radius 3 is 2.52 bits per heavy atom. The number of benzene rings is 1. The monoisotopic (exact) mass is 472 g/mol. The summed E-state index contributed by atoms with van der Waals surface area (Å²) in [6.07, 6.45) is 2.85. The second-order valence-electron chi connectivity index (χ2n) is 6.49. The van der Waals surface area contributed by atoms with E-state index in [9.17, 15) is 0 Å². The molecule has 0 saturated heterocycles. The summed E-state index contributed by atoms with van der Waals surface area (Å²) in [7, 11) is 0. The van der Waals surface area contributed by atoms with E-state index in [1.54, 1.807) is 11.3 Å². The van der Waals surface area contributed by atoms with Gasteiger partial charge in [0.25, 0.3) is 0 Å². The lowest BCUT2D eigenvalue weighted by Crippen LogP contribution is -2.39. The van der Waals surface area contributed by atoms with E-state index < -0.39 is 0 Å². The molecular weight excluding hydrogens is 443 g/mol. The van der Waals surface area contributed by atoms with E-state index in [1.165, 1.54) is 15.4 Å². The van der Waals surface area contributed by atoms with Crippen molar-refractivity contribution in [1.82, 2.24) is 15.6 Å². The van der Waals surface area contributed by atoms with Crippen LogP contribution in [-0.4, -0.2) is 30.6 Å². The summed E-state index contributed by atoms with van der Waals surface area (Å²) in [5.74, 6) is 0.870. The molecule has 0 amide bonds. The quantitative estimate of drug-likeness (QED) is 0.362. The van der Waals surface area contributed by atoms with Gasteiger partial charge >= 0.3 is 0 Å². The molecule has 0 unspecified atom stereocenters. The first-order chi connectivity index (χ1) is 11.5. The fourth-order valence-corrected chi connectivity index (χ4v) is 3.19. The van der Waals surface area contributed by atoms with Gasteiger partial charge in [-0.1, -0.05) is 44.2 Å². The van der Waals surface area contributed by atoms with E-state index in [0.29, 0.717) is 0 Å². The molecule has 0 saturated carbocycles. The Balaban J connectivity index is 0.00000312. The van der Waals surface area contributed by atoms with E-state index in [2.05, 4.69) is 73.6 Å². The molecule has 0 spiro atoms. The number of aromatic nitrogens is 1. The minimum absolute atomic E-state index is 0. The summed E-state index contributed by atoms with van der Waals surface area (Å²) >= 11 is 1.76. The molecule has 0 radical (unpaired) electrons. The number of hydrogen-bond donors (Lipinski definition) is 2. The van der Waals surface area contributed by atoms with Gasteiger partial charge in [-0.05, 0) is 19.4 Å². The molecule has 0 aliphatic carbocycles. The van der Waals surface area contributed by atoms with Crippen LogP contribution in [0.5, 0.6) is 0 Å². The molecule has 0 atom stereocenters. The summed E-state index contributed by atoms with van der Waals surface area (Å²) in [5, 5.41) is 7.90. The van der Waals surface area contributed by atoms with Crippen molar-refractivity contribution >= 4 is 41.3 Å². The fraction of sp³-hybridized carbons (Fsp3) is 0.474. The number of guanidine groups is 1. The Morgan fingerprint density at radius 1 is 1.20 bits per heavy atom. The van der Waals surface area contributed by atoms with Crippen LogP contribution < -0.4 is 10.6 Å². The number of nitrogens with zero attached hydrogens (tertiary/aromatic N) is 2. The van der Waals surface area contributed by atoms with Crippen LogP contribution in [0.4, 0.5) is 0 Å². The number of thiazole rings is 1. The van der Waals surface area contributed by atoms with Gasteiger partial charge in [0.2, 0.25) is 0 Å². The summed E-state index contributed by atoms with van der Waals surface area (Å²) in [6, 6.07) is 10.6. The van der Waals surface area contributed by atoms with E-state index in [1.807, 2.05) is 6.20 Å². The van der Waals surface area contributed by atoms with Gasteiger partial charge in [-0.3, -0.25) is 4.99 Å². The maximum atomic E-state index is 4.78. The van der Waals surface area contributed by atoms with Crippen LogP contribution >= 0.6 is 35.3 Å². The standard InChI is InChI=1S/C19H28N4S.HI/c1-5-20-18(21-12-11-17-22-13-15(2)24-17)23-14-19(3,4)16-9-7-6-8-10-16;/h6-10,13H,5,11-12,14H2,1-4H3,(H2,20,21,23);1H. The third kappa shape index (κ3) is 7.32. The SMILES string of the molecule is CCNC(=NCC(C)(C)c1ccccc1)NCCc1ncc(C)s1.I. The van der Waals surface area contributed by atoms with Gasteiger partial charge in [0.1, 0.15) is 0 Å². The Morgan fingerprint density at radius 2 is 1.92 bits per heavy atom. The van der Waals surface area contributed by atoms with Crippen LogP contribution in [0, 0.1) is 6.92 Å². The largest absolute Gasteiger partial charge is 0.357 e. The van der Waals surface area contributed by atoms with Crippen molar-refractivity contribution in [2.24, 2.45) is 4.99 Å². The highest BCUT2D eigenvalue weighted by Crippen LogP contribution is 2.22. The molecule has 2 rings (SSSR count). The Kier molecular flexibility index (Phi) is 9.42. The second-order valence-corrected chi connectivity index (χ2v) is 7.81. The van der Waals surface area contributed by atoms with E-state index >= 15 is 0 Å². The Bertz CT molecular complexity index is 652. The van der Waals surface area contributed by atoms with E-state index in [-0.39, 0.29) is 29.4 Å². The average Bonchev–Trinajstić information content (AvgIpc) is 2.99. The highest BCUT2D eigenvalue weighted by atomic mass is 127. The molecule has 0 aliphatic rings. The van der Waals surface area contributed by atoms with Gasteiger partial charge in [-0.2, -0.15) is 0 Å². The lowest BCUT2D eigenvalue weighted by atomic mass is 9.85. The molecule has 0 aliphatic heterocycles. The maximum Gasteiger partial charge on any atom is 0.191 e. The highest BCUT2D eigenvalue weighted by molar-refractivity contribution is 14.0. The molecule has 1 aromatic carbocycles. The molecular formula is C19H29IN4S. The van der Waals surface area contributed by atoms with Crippen LogP contribution in [0.25, 0.3) is 0 Å². The third-order valence-electron chi connectivity index (χ3n) is 3.83. The zero-order chi connectivity index (χ0) is 17.4. The van der Waals surface area contributed by atoms with Crippen molar-refractivity contribution in [2.45, 2.75) is 39.5 Å². The van der Waals surface area contributed by atoms with Gasteiger partial charge in [-0.25, -0.2) is 4.98 Å². The van der Waals surface area contributed by atoms with Crippen LogP contribution in [0.15, 0.2) is 41.5 Å². The first kappa shape index (κ1) is 21.9. The predicted octanol–water partition coefficient (Wildman–Crippen LogP) is 4.14. The number of halogens is 1. The van der Waals surface area contributed by atoms with E-state index in [4.69, 9.17) is 4.99 Å². The first-order valence-corrected chi connectivity index (χ1v) is 9.32. The molecule has 25 heavy (non-hydrogen) atoms. The molecule has 6 heteroatoms.